The van der Waals surface area contributed by atoms with Crippen LogP contribution >= 0.6 is 11.6 Å². The number of carbonyl (C=O) groups excluding carboxylic acids is 2. The molecule has 1 aliphatic heterocycles. The third-order valence-electron chi connectivity index (χ3n) is 3.29. The van der Waals surface area contributed by atoms with Crippen molar-refractivity contribution in [1.29, 1.82) is 0 Å². The first-order chi connectivity index (χ1) is 9.04. The van der Waals surface area contributed by atoms with Crippen molar-refractivity contribution in [3.63, 3.8) is 0 Å². The molecule has 0 radical (unpaired) electrons. The first kappa shape index (κ1) is 13.9. The average molecular weight is 281 g/mol. The Morgan fingerprint density at radius 3 is 2.68 bits per heavy atom. The number of benzene rings is 1. The lowest BCUT2D eigenvalue weighted by Crippen LogP contribution is -2.19. The highest BCUT2D eigenvalue weighted by Crippen LogP contribution is 2.34. The number of fused-ring (bicyclic) bond motifs is 1. The Morgan fingerprint density at radius 2 is 2.00 bits per heavy atom. The van der Waals surface area contributed by atoms with Crippen molar-refractivity contribution in [3.8, 4) is 0 Å². The summed E-state index contributed by atoms with van der Waals surface area (Å²) < 4.78 is 0. The molecule has 0 bridgehead atoms. The zero-order valence-electron chi connectivity index (χ0n) is 11.1. The fourth-order valence-corrected chi connectivity index (χ4v) is 2.47. The van der Waals surface area contributed by atoms with E-state index in [0.29, 0.717) is 16.3 Å². The minimum Gasteiger partial charge on any atom is -0.373 e. The summed E-state index contributed by atoms with van der Waals surface area (Å²) in [6.45, 7) is 3.05. The average Bonchev–Trinajstić information content (AvgIpc) is 2.65. The molecule has 0 spiro atoms. The molecule has 1 amide bonds. The van der Waals surface area contributed by atoms with Crippen molar-refractivity contribution in [2.24, 2.45) is 0 Å². The molecule has 4 nitrogen and oxygen atoms in total. The van der Waals surface area contributed by atoms with Gasteiger partial charge >= 0.3 is 0 Å². The Bertz CT molecular complexity index is 528. The van der Waals surface area contributed by atoms with Gasteiger partial charge in [-0.3, -0.25) is 9.59 Å². The molecule has 0 unspecified atom stereocenters. The number of ketones is 1. The Morgan fingerprint density at radius 1 is 1.26 bits per heavy atom. The highest BCUT2D eigenvalue weighted by Gasteiger charge is 2.29. The maximum Gasteiger partial charge on any atom is 0.296 e. The van der Waals surface area contributed by atoms with Crippen LogP contribution in [-0.4, -0.2) is 25.3 Å². The van der Waals surface area contributed by atoms with E-state index in [4.69, 9.17) is 11.6 Å². The third kappa shape index (κ3) is 2.73. The number of unbranched alkanes of at least 4 members (excludes halogenated alkanes) is 2. The van der Waals surface area contributed by atoms with E-state index in [9.17, 15) is 9.59 Å². The molecule has 1 N–H and O–H groups in total. The second-order valence-corrected chi connectivity index (χ2v) is 5.17. The van der Waals surface area contributed by atoms with Crippen LogP contribution in [0.5, 0.6) is 0 Å². The van der Waals surface area contributed by atoms with Gasteiger partial charge in [-0.1, -0.05) is 31.4 Å². The lowest BCUT2D eigenvalue weighted by atomic mass is 10.1. The maximum absolute atomic E-state index is 11.6. The molecule has 5 heteroatoms. The molecule has 0 saturated carbocycles. The molecule has 0 aliphatic carbocycles. The summed E-state index contributed by atoms with van der Waals surface area (Å²) in [6, 6.07) is 3.34. The number of carbonyl (C=O) groups is 2. The molecular weight excluding hydrogens is 264 g/mol. The Kier molecular flexibility index (Phi) is 4.10. The first-order valence-corrected chi connectivity index (χ1v) is 6.82. The lowest BCUT2D eigenvalue weighted by molar-refractivity contribution is -0.112. The molecule has 0 aromatic heterocycles. The SMILES string of the molecule is CCCCCN(C)c1cc2c(cc1Cl)C(=O)C(=O)N2. The molecule has 102 valence electrons. The van der Waals surface area contributed by atoms with Crippen LogP contribution < -0.4 is 10.2 Å². The Balaban J connectivity index is 2.22. The van der Waals surface area contributed by atoms with Gasteiger partial charge in [-0.25, -0.2) is 0 Å². The van der Waals surface area contributed by atoms with Gasteiger partial charge in [0.2, 0.25) is 0 Å². The molecule has 1 aromatic rings. The van der Waals surface area contributed by atoms with E-state index in [1.165, 1.54) is 6.42 Å². The minimum atomic E-state index is -0.586. The summed E-state index contributed by atoms with van der Waals surface area (Å²) in [6.07, 6.45) is 3.42. The van der Waals surface area contributed by atoms with E-state index in [1.54, 1.807) is 12.1 Å². The van der Waals surface area contributed by atoms with Crippen LogP contribution in [0.4, 0.5) is 11.4 Å². The summed E-state index contributed by atoms with van der Waals surface area (Å²) >= 11 is 6.20. The third-order valence-corrected chi connectivity index (χ3v) is 3.60. The summed E-state index contributed by atoms with van der Waals surface area (Å²) in [5, 5.41) is 3.07. The lowest BCUT2D eigenvalue weighted by Gasteiger charge is -2.21. The quantitative estimate of drug-likeness (QED) is 0.666. The number of Topliss-reactive ketones (excluding diaryl/α,β-unsaturated/α-hetero) is 1. The minimum absolute atomic E-state index is 0.362. The van der Waals surface area contributed by atoms with Gasteiger partial charge < -0.3 is 10.2 Å². The summed E-state index contributed by atoms with van der Waals surface area (Å²) in [4.78, 5) is 24.9. The molecule has 1 aromatic carbocycles. The van der Waals surface area contributed by atoms with E-state index < -0.39 is 11.7 Å². The zero-order valence-corrected chi connectivity index (χ0v) is 11.9. The van der Waals surface area contributed by atoms with Crippen molar-refractivity contribution in [2.75, 3.05) is 23.8 Å². The normalized spacial score (nSPS) is 13.4. The molecule has 0 fully saturated rings. The van der Waals surface area contributed by atoms with Crippen molar-refractivity contribution >= 4 is 34.7 Å². The van der Waals surface area contributed by atoms with Crippen LogP contribution in [0, 0.1) is 0 Å². The summed E-state index contributed by atoms with van der Waals surface area (Å²) in [7, 11) is 1.96. The van der Waals surface area contributed by atoms with Gasteiger partial charge in [-0.2, -0.15) is 0 Å². The Hall–Kier alpha value is -1.55. The van der Waals surface area contributed by atoms with Gasteiger partial charge in [-0.15, -0.1) is 0 Å². The molecule has 19 heavy (non-hydrogen) atoms. The van der Waals surface area contributed by atoms with E-state index >= 15 is 0 Å². The molecule has 0 saturated heterocycles. The number of halogens is 1. The summed E-state index contributed by atoms with van der Waals surface area (Å²) in [5.74, 6) is -1.10. The van der Waals surface area contributed by atoms with Crippen LogP contribution in [0.1, 0.15) is 36.5 Å². The fraction of sp³-hybridized carbons (Fsp3) is 0.429. The number of amides is 1. The van der Waals surface area contributed by atoms with Crippen molar-refractivity contribution in [3.05, 3.63) is 22.7 Å². The largest absolute Gasteiger partial charge is 0.373 e. The van der Waals surface area contributed by atoms with Crippen molar-refractivity contribution in [1.82, 2.24) is 0 Å². The van der Waals surface area contributed by atoms with Gasteiger partial charge in [0, 0.05) is 13.6 Å². The molecular formula is C14H17ClN2O2. The van der Waals surface area contributed by atoms with Crippen LogP contribution in [-0.2, 0) is 4.79 Å². The van der Waals surface area contributed by atoms with Crippen LogP contribution in [0.15, 0.2) is 12.1 Å². The first-order valence-electron chi connectivity index (χ1n) is 6.45. The summed E-state index contributed by atoms with van der Waals surface area (Å²) in [5.41, 5.74) is 1.75. The fourth-order valence-electron chi connectivity index (χ4n) is 2.17. The number of nitrogens with one attached hydrogen (secondary N) is 1. The van der Waals surface area contributed by atoms with Crippen LogP contribution in [0.25, 0.3) is 0 Å². The standard InChI is InChI=1S/C14H17ClN2O2/c1-3-4-5-6-17(2)12-8-11-9(7-10(12)15)13(18)14(19)16-11/h7-8H,3-6H2,1-2H3,(H,16,18,19). The van der Waals surface area contributed by atoms with E-state index in [2.05, 4.69) is 12.2 Å². The highest BCUT2D eigenvalue weighted by atomic mass is 35.5. The van der Waals surface area contributed by atoms with E-state index in [-0.39, 0.29) is 0 Å². The van der Waals surface area contributed by atoms with E-state index in [1.807, 2.05) is 11.9 Å². The predicted octanol–water partition coefficient (Wildman–Crippen LogP) is 3.10. The van der Waals surface area contributed by atoms with Gasteiger partial charge in [-0.05, 0) is 18.6 Å². The number of hydrogen-bond acceptors (Lipinski definition) is 3. The molecule has 1 aliphatic rings. The van der Waals surface area contributed by atoms with Crippen molar-refractivity contribution in [2.45, 2.75) is 26.2 Å². The maximum atomic E-state index is 11.6. The van der Waals surface area contributed by atoms with Gasteiger partial charge in [0.05, 0.1) is 22.0 Å². The topological polar surface area (TPSA) is 49.4 Å². The predicted molar refractivity (Wildman–Crippen MR) is 77.2 cm³/mol. The van der Waals surface area contributed by atoms with Crippen LogP contribution in [0.3, 0.4) is 0 Å². The Labute approximate surface area is 117 Å². The van der Waals surface area contributed by atoms with Gasteiger partial charge in [0.25, 0.3) is 11.7 Å². The zero-order chi connectivity index (χ0) is 14.0. The second kappa shape index (κ2) is 5.61. The van der Waals surface area contributed by atoms with E-state index in [0.717, 1.165) is 25.1 Å². The molecule has 0 atom stereocenters. The monoisotopic (exact) mass is 280 g/mol. The number of anilines is 2. The van der Waals surface area contributed by atoms with Crippen LogP contribution in [0.2, 0.25) is 5.02 Å². The van der Waals surface area contributed by atoms with Crippen molar-refractivity contribution < 1.29 is 9.59 Å². The number of nitrogens with zero attached hydrogens (tertiary/aromatic N) is 1. The molecule has 1 heterocycles. The molecule has 2 rings (SSSR count). The smallest absolute Gasteiger partial charge is 0.296 e. The van der Waals surface area contributed by atoms with Gasteiger partial charge in [0.1, 0.15) is 0 Å². The second-order valence-electron chi connectivity index (χ2n) is 4.76. The van der Waals surface area contributed by atoms with Gasteiger partial charge in [0.15, 0.2) is 0 Å². The number of rotatable bonds is 5. The highest BCUT2D eigenvalue weighted by molar-refractivity contribution is 6.52. The number of hydrogen-bond donors (Lipinski definition) is 1.